The Balaban J connectivity index is 2.49. The Bertz CT molecular complexity index is 168. The van der Waals surface area contributed by atoms with Crippen LogP contribution in [0.3, 0.4) is 0 Å². The molecular weight excluding hydrogens is 154 g/mol. The van der Waals surface area contributed by atoms with Crippen LogP contribution in [0.2, 0.25) is 0 Å². The van der Waals surface area contributed by atoms with Crippen LogP contribution in [0.15, 0.2) is 0 Å². The minimum atomic E-state index is 0.0799. The predicted octanol–water partition coefficient (Wildman–Crippen LogP) is 0.483. The molecule has 1 saturated heterocycles. The molecule has 0 spiro atoms. The highest BCUT2D eigenvalue weighted by molar-refractivity contribution is 5.81. The second kappa shape index (κ2) is 3.90. The van der Waals surface area contributed by atoms with Crippen molar-refractivity contribution in [2.45, 2.75) is 20.3 Å². The third-order valence-corrected chi connectivity index (χ3v) is 2.51. The summed E-state index contributed by atoms with van der Waals surface area (Å²) in [4.78, 5) is 13.3. The number of rotatable bonds is 3. The van der Waals surface area contributed by atoms with Crippen LogP contribution >= 0.6 is 0 Å². The zero-order valence-electron chi connectivity index (χ0n) is 7.79. The lowest BCUT2D eigenvalue weighted by molar-refractivity contribution is -0.132. The molecule has 0 aromatic rings. The van der Waals surface area contributed by atoms with Crippen molar-refractivity contribution in [3.05, 3.63) is 0 Å². The Morgan fingerprint density at radius 1 is 1.67 bits per heavy atom. The van der Waals surface area contributed by atoms with Crippen molar-refractivity contribution < 1.29 is 9.90 Å². The maximum Gasteiger partial charge on any atom is 0.226 e. The summed E-state index contributed by atoms with van der Waals surface area (Å²) in [6.45, 7) is 5.55. The van der Waals surface area contributed by atoms with E-state index in [1.165, 1.54) is 0 Å². The molecule has 0 radical (unpaired) electrons. The monoisotopic (exact) mass is 171 g/mol. The van der Waals surface area contributed by atoms with Crippen LogP contribution in [0.5, 0.6) is 0 Å². The number of hydrogen-bond donors (Lipinski definition) is 1. The molecule has 1 unspecified atom stereocenters. The molecule has 1 aliphatic heterocycles. The van der Waals surface area contributed by atoms with E-state index < -0.39 is 0 Å². The third-order valence-electron chi connectivity index (χ3n) is 2.51. The third kappa shape index (κ3) is 1.78. The van der Waals surface area contributed by atoms with Gasteiger partial charge >= 0.3 is 0 Å². The maximum atomic E-state index is 11.6. The number of aliphatic hydroxyl groups is 1. The van der Waals surface area contributed by atoms with Gasteiger partial charge in [0, 0.05) is 19.0 Å². The summed E-state index contributed by atoms with van der Waals surface area (Å²) in [6.07, 6.45) is 0.955. The van der Waals surface area contributed by atoms with Crippen molar-refractivity contribution in [2.75, 3.05) is 19.7 Å². The minimum absolute atomic E-state index is 0.0799. The molecule has 70 valence electrons. The highest BCUT2D eigenvalue weighted by atomic mass is 16.3. The number of hydrogen-bond acceptors (Lipinski definition) is 2. The first-order chi connectivity index (χ1) is 5.66. The van der Waals surface area contributed by atoms with Crippen LogP contribution < -0.4 is 0 Å². The Morgan fingerprint density at radius 2 is 2.33 bits per heavy atom. The van der Waals surface area contributed by atoms with Crippen LogP contribution in [0.1, 0.15) is 20.3 Å². The van der Waals surface area contributed by atoms with Crippen LogP contribution in [0, 0.1) is 11.8 Å². The number of likely N-dealkylation sites (tertiary alicyclic amines) is 1. The first kappa shape index (κ1) is 9.52. The van der Waals surface area contributed by atoms with Gasteiger partial charge < -0.3 is 10.0 Å². The fraction of sp³-hybridized carbons (Fsp3) is 0.889. The molecule has 0 aromatic carbocycles. The lowest BCUT2D eigenvalue weighted by Gasteiger charge is -2.16. The van der Waals surface area contributed by atoms with Crippen LogP contribution in [-0.2, 0) is 4.79 Å². The van der Waals surface area contributed by atoms with E-state index in [9.17, 15) is 4.79 Å². The normalized spacial score (nSPS) is 24.2. The summed E-state index contributed by atoms with van der Waals surface area (Å²) in [5, 5.41) is 8.68. The van der Waals surface area contributed by atoms with Crippen molar-refractivity contribution in [3.8, 4) is 0 Å². The zero-order valence-corrected chi connectivity index (χ0v) is 7.79. The SMILES string of the molecule is CC(C)C1CCN(CCO)C1=O. The van der Waals surface area contributed by atoms with E-state index in [1.54, 1.807) is 4.90 Å². The molecular formula is C9H17NO2. The van der Waals surface area contributed by atoms with Gasteiger partial charge in [-0.05, 0) is 12.3 Å². The van der Waals surface area contributed by atoms with E-state index in [4.69, 9.17) is 5.11 Å². The van der Waals surface area contributed by atoms with E-state index in [2.05, 4.69) is 13.8 Å². The molecule has 1 aliphatic rings. The summed E-state index contributed by atoms with van der Waals surface area (Å²) >= 11 is 0. The molecule has 12 heavy (non-hydrogen) atoms. The molecule has 1 atom stereocenters. The number of carbonyl (C=O) groups is 1. The molecule has 3 heteroatoms. The van der Waals surface area contributed by atoms with Gasteiger partial charge in [0.15, 0.2) is 0 Å². The summed E-state index contributed by atoms with van der Waals surface area (Å²) in [6, 6.07) is 0. The van der Waals surface area contributed by atoms with E-state index in [-0.39, 0.29) is 18.4 Å². The van der Waals surface area contributed by atoms with Gasteiger partial charge in [-0.15, -0.1) is 0 Å². The summed E-state index contributed by atoms with van der Waals surface area (Å²) in [5.41, 5.74) is 0. The van der Waals surface area contributed by atoms with Gasteiger partial charge in [0.25, 0.3) is 0 Å². The van der Waals surface area contributed by atoms with Gasteiger partial charge in [0.05, 0.1) is 6.61 Å². The van der Waals surface area contributed by atoms with E-state index in [0.717, 1.165) is 13.0 Å². The number of aliphatic hydroxyl groups excluding tert-OH is 1. The van der Waals surface area contributed by atoms with Gasteiger partial charge in [0.1, 0.15) is 0 Å². The van der Waals surface area contributed by atoms with Crippen molar-refractivity contribution in [1.82, 2.24) is 4.90 Å². The Kier molecular flexibility index (Phi) is 3.09. The van der Waals surface area contributed by atoms with Gasteiger partial charge in [-0.3, -0.25) is 4.79 Å². The van der Waals surface area contributed by atoms with Crippen LogP contribution in [0.25, 0.3) is 0 Å². The molecule has 1 rings (SSSR count). The van der Waals surface area contributed by atoms with Crippen molar-refractivity contribution >= 4 is 5.91 Å². The van der Waals surface area contributed by atoms with E-state index in [1.807, 2.05) is 0 Å². The van der Waals surface area contributed by atoms with Crippen molar-refractivity contribution in [3.63, 3.8) is 0 Å². The van der Waals surface area contributed by atoms with E-state index >= 15 is 0 Å². The molecule has 1 fully saturated rings. The highest BCUT2D eigenvalue weighted by Crippen LogP contribution is 2.24. The number of nitrogens with zero attached hydrogens (tertiary/aromatic N) is 1. The highest BCUT2D eigenvalue weighted by Gasteiger charge is 2.32. The Hall–Kier alpha value is -0.570. The van der Waals surface area contributed by atoms with Gasteiger partial charge in [0.2, 0.25) is 5.91 Å². The second-order valence-corrected chi connectivity index (χ2v) is 3.69. The molecule has 0 saturated carbocycles. The Labute approximate surface area is 73.4 Å². The standard InChI is InChI=1S/C9H17NO2/c1-7(2)8-3-4-10(5-6-11)9(8)12/h7-8,11H,3-6H2,1-2H3. The lowest BCUT2D eigenvalue weighted by Crippen LogP contribution is -2.31. The molecule has 0 aliphatic carbocycles. The van der Waals surface area contributed by atoms with E-state index in [0.29, 0.717) is 12.5 Å². The molecule has 1 amide bonds. The number of amides is 1. The second-order valence-electron chi connectivity index (χ2n) is 3.69. The Morgan fingerprint density at radius 3 is 2.75 bits per heavy atom. The quantitative estimate of drug-likeness (QED) is 0.671. The fourth-order valence-corrected chi connectivity index (χ4v) is 1.72. The topological polar surface area (TPSA) is 40.5 Å². The van der Waals surface area contributed by atoms with Crippen molar-refractivity contribution in [1.29, 1.82) is 0 Å². The van der Waals surface area contributed by atoms with Gasteiger partial charge in [-0.1, -0.05) is 13.8 Å². The van der Waals surface area contributed by atoms with Crippen LogP contribution in [-0.4, -0.2) is 35.6 Å². The smallest absolute Gasteiger partial charge is 0.226 e. The molecule has 1 heterocycles. The van der Waals surface area contributed by atoms with Crippen LogP contribution in [0.4, 0.5) is 0 Å². The average Bonchev–Trinajstić information content (AvgIpc) is 2.34. The van der Waals surface area contributed by atoms with Gasteiger partial charge in [-0.25, -0.2) is 0 Å². The fourth-order valence-electron chi connectivity index (χ4n) is 1.72. The summed E-state index contributed by atoms with van der Waals surface area (Å²) in [7, 11) is 0. The number of carbonyl (C=O) groups excluding carboxylic acids is 1. The van der Waals surface area contributed by atoms with Crippen molar-refractivity contribution in [2.24, 2.45) is 11.8 Å². The minimum Gasteiger partial charge on any atom is -0.395 e. The number of β-amino-alcohol motifs (C(OH)–C–C–N with tert-alkyl or cyclic N) is 1. The first-order valence-electron chi connectivity index (χ1n) is 4.56. The molecule has 1 N–H and O–H groups in total. The first-order valence-corrected chi connectivity index (χ1v) is 4.56. The molecule has 3 nitrogen and oxygen atoms in total. The molecule has 0 aromatic heterocycles. The summed E-state index contributed by atoms with van der Waals surface area (Å²) in [5.74, 6) is 0.844. The largest absolute Gasteiger partial charge is 0.395 e. The van der Waals surface area contributed by atoms with Gasteiger partial charge in [-0.2, -0.15) is 0 Å². The summed E-state index contributed by atoms with van der Waals surface area (Å²) < 4.78 is 0. The average molecular weight is 171 g/mol. The maximum absolute atomic E-state index is 11.6. The molecule has 0 bridgehead atoms. The zero-order chi connectivity index (χ0) is 9.14. The lowest BCUT2D eigenvalue weighted by atomic mass is 9.95. The predicted molar refractivity (Wildman–Crippen MR) is 46.6 cm³/mol.